The second-order valence-corrected chi connectivity index (χ2v) is 4.05. The predicted molar refractivity (Wildman–Crippen MR) is 49.2 cm³/mol. The molecule has 1 fully saturated rings. The van der Waals surface area contributed by atoms with Crippen molar-refractivity contribution < 1.29 is 9.32 Å². The van der Waals surface area contributed by atoms with Gasteiger partial charge in [0.25, 0.3) is 0 Å². The van der Waals surface area contributed by atoms with Crippen LogP contribution >= 0.6 is 11.8 Å². The summed E-state index contributed by atoms with van der Waals surface area (Å²) in [5, 5.41) is 6.48. The SMILES string of the molecule is O=C1NCCC1SCc1ccno1. The van der Waals surface area contributed by atoms with E-state index in [2.05, 4.69) is 10.5 Å². The molecule has 1 aliphatic heterocycles. The summed E-state index contributed by atoms with van der Waals surface area (Å²) in [5.41, 5.74) is 0. The Kier molecular flexibility index (Phi) is 2.54. The lowest BCUT2D eigenvalue weighted by Crippen LogP contribution is -2.20. The molecule has 0 saturated carbocycles. The highest BCUT2D eigenvalue weighted by atomic mass is 32.2. The highest BCUT2D eigenvalue weighted by Crippen LogP contribution is 2.22. The second kappa shape index (κ2) is 3.83. The Morgan fingerprint density at radius 1 is 1.77 bits per heavy atom. The largest absolute Gasteiger partial charge is 0.361 e. The molecular weight excluding hydrogens is 188 g/mol. The summed E-state index contributed by atoms with van der Waals surface area (Å²) in [6.07, 6.45) is 2.53. The quantitative estimate of drug-likeness (QED) is 0.780. The third kappa shape index (κ3) is 2.03. The van der Waals surface area contributed by atoms with Crippen molar-refractivity contribution in [2.75, 3.05) is 6.54 Å². The monoisotopic (exact) mass is 198 g/mol. The van der Waals surface area contributed by atoms with E-state index in [0.29, 0.717) is 0 Å². The van der Waals surface area contributed by atoms with Crippen molar-refractivity contribution in [2.45, 2.75) is 17.4 Å². The van der Waals surface area contributed by atoms with E-state index < -0.39 is 0 Å². The Bertz CT molecular complexity index is 286. The molecular formula is C8H10N2O2S. The van der Waals surface area contributed by atoms with Crippen LogP contribution in [0.5, 0.6) is 0 Å². The molecule has 1 aromatic rings. The maximum absolute atomic E-state index is 11.2. The molecule has 0 spiro atoms. The van der Waals surface area contributed by atoms with Crippen LogP contribution in [0.4, 0.5) is 0 Å². The number of rotatable bonds is 3. The van der Waals surface area contributed by atoms with Crippen LogP contribution in [0.15, 0.2) is 16.8 Å². The fourth-order valence-corrected chi connectivity index (χ4v) is 2.26. The first-order valence-electron chi connectivity index (χ1n) is 4.15. The van der Waals surface area contributed by atoms with Gasteiger partial charge in [0, 0.05) is 12.6 Å². The summed E-state index contributed by atoms with van der Waals surface area (Å²) < 4.78 is 4.93. The summed E-state index contributed by atoms with van der Waals surface area (Å²) in [5.74, 6) is 1.69. The van der Waals surface area contributed by atoms with Gasteiger partial charge in [-0.1, -0.05) is 5.16 Å². The lowest BCUT2D eigenvalue weighted by molar-refractivity contribution is -0.118. The summed E-state index contributed by atoms with van der Waals surface area (Å²) in [6, 6.07) is 1.82. The van der Waals surface area contributed by atoms with E-state index >= 15 is 0 Å². The number of nitrogens with zero attached hydrogens (tertiary/aromatic N) is 1. The first kappa shape index (κ1) is 8.62. The van der Waals surface area contributed by atoms with E-state index in [1.54, 1.807) is 18.0 Å². The molecule has 1 atom stereocenters. The van der Waals surface area contributed by atoms with Crippen molar-refractivity contribution in [3.8, 4) is 0 Å². The molecule has 1 amide bonds. The number of nitrogens with one attached hydrogen (secondary N) is 1. The van der Waals surface area contributed by atoms with Crippen LogP contribution in [0.25, 0.3) is 0 Å². The van der Waals surface area contributed by atoms with Crippen molar-refractivity contribution >= 4 is 17.7 Å². The van der Waals surface area contributed by atoms with Crippen LogP contribution in [0.2, 0.25) is 0 Å². The van der Waals surface area contributed by atoms with Gasteiger partial charge in [-0.3, -0.25) is 4.79 Å². The molecule has 13 heavy (non-hydrogen) atoms. The van der Waals surface area contributed by atoms with E-state index in [1.165, 1.54) is 0 Å². The molecule has 0 aromatic carbocycles. The zero-order valence-electron chi connectivity index (χ0n) is 7.03. The van der Waals surface area contributed by atoms with E-state index in [4.69, 9.17) is 4.52 Å². The summed E-state index contributed by atoms with van der Waals surface area (Å²) in [6.45, 7) is 0.799. The summed E-state index contributed by atoms with van der Waals surface area (Å²) >= 11 is 1.60. The van der Waals surface area contributed by atoms with Crippen LogP contribution in [-0.2, 0) is 10.5 Å². The molecule has 1 saturated heterocycles. The average Bonchev–Trinajstić information content (AvgIpc) is 2.72. The predicted octanol–water partition coefficient (Wildman–Crippen LogP) is 0.796. The van der Waals surface area contributed by atoms with Gasteiger partial charge in [0.15, 0.2) is 0 Å². The Morgan fingerprint density at radius 2 is 2.69 bits per heavy atom. The normalized spacial score (nSPS) is 21.8. The van der Waals surface area contributed by atoms with Gasteiger partial charge in [0.2, 0.25) is 5.91 Å². The smallest absolute Gasteiger partial charge is 0.233 e. The fourth-order valence-electron chi connectivity index (χ4n) is 1.23. The number of carbonyl (C=O) groups excluding carboxylic acids is 1. The minimum atomic E-state index is 0.0881. The fraction of sp³-hybridized carbons (Fsp3) is 0.500. The van der Waals surface area contributed by atoms with Crippen molar-refractivity contribution in [1.29, 1.82) is 0 Å². The highest BCUT2D eigenvalue weighted by Gasteiger charge is 2.24. The first-order valence-corrected chi connectivity index (χ1v) is 5.20. The lowest BCUT2D eigenvalue weighted by atomic mass is 10.4. The molecule has 2 heterocycles. The Morgan fingerprint density at radius 3 is 3.31 bits per heavy atom. The summed E-state index contributed by atoms with van der Waals surface area (Å²) in [7, 11) is 0. The van der Waals surface area contributed by atoms with Gasteiger partial charge < -0.3 is 9.84 Å². The van der Waals surface area contributed by atoms with E-state index in [1.807, 2.05) is 6.07 Å². The van der Waals surface area contributed by atoms with Crippen molar-refractivity contribution in [2.24, 2.45) is 0 Å². The maximum Gasteiger partial charge on any atom is 0.233 e. The third-order valence-electron chi connectivity index (χ3n) is 1.92. The van der Waals surface area contributed by atoms with Crippen LogP contribution in [0, 0.1) is 0 Å². The number of carbonyl (C=O) groups is 1. The Labute approximate surface area is 80.1 Å². The van der Waals surface area contributed by atoms with Crippen molar-refractivity contribution in [3.05, 3.63) is 18.0 Å². The molecule has 1 N–H and O–H groups in total. The molecule has 1 unspecified atom stereocenters. The van der Waals surface area contributed by atoms with Crippen LogP contribution in [-0.4, -0.2) is 22.9 Å². The molecule has 4 nitrogen and oxygen atoms in total. The van der Waals surface area contributed by atoms with Crippen molar-refractivity contribution in [3.63, 3.8) is 0 Å². The Balaban J connectivity index is 1.82. The maximum atomic E-state index is 11.2. The summed E-state index contributed by atoms with van der Waals surface area (Å²) in [4.78, 5) is 11.2. The first-order chi connectivity index (χ1) is 6.36. The average molecular weight is 198 g/mol. The number of hydrogen-bond acceptors (Lipinski definition) is 4. The minimum absolute atomic E-state index is 0.0881. The van der Waals surface area contributed by atoms with E-state index in [-0.39, 0.29) is 11.2 Å². The molecule has 0 aliphatic carbocycles. The van der Waals surface area contributed by atoms with Crippen LogP contribution < -0.4 is 5.32 Å². The van der Waals surface area contributed by atoms with Gasteiger partial charge in [0.05, 0.1) is 17.2 Å². The van der Waals surface area contributed by atoms with Gasteiger partial charge in [0.1, 0.15) is 5.76 Å². The van der Waals surface area contributed by atoms with Crippen LogP contribution in [0.3, 0.4) is 0 Å². The van der Waals surface area contributed by atoms with Crippen molar-refractivity contribution in [1.82, 2.24) is 10.5 Å². The molecule has 5 heteroatoms. The number of hydrogen-bond donors (Lipinski definition) is 1. The Hall–Kier alpha value is -0.970. The lowest BCUT2D eigenvalue weighted by Gasteiger charge is -2.03. The third-order valence-corrected chi connectivity index (χ3v) is 3.22. The van der Waals surface area contributed by atoms with Crippen LogP contribution in [0.1, 0.15) is 12.2 Å². The topological polar surface area (TPSA) is 55.1 Å². The van der Waals surface area contributed by atoms with E-state index in [9.17, 15) is 4.79 Å². The second-order valence-electron chi connectivity index (χ2n) is 2.86. The van der Waals surface area contributed by atoms with E-state index in [0.717, 1.165) is 24.5 Å². The molecule has 0 bridgehead atoms. The molecule has 1 aliphatic rings. The van der Waals surface area contributed by atoms with Gasteiger partial charge in [-0.15, -0.1) is 11.8 Å². The van der Waals surface area contributed by atoms with Gasteiger partial charge in [-0.2, -0.15) is 0 Å². The standard InChI is InChI=1S/C8H10N2O2S/c11-8-7(2-3-9-8)13-5-6-1-4-10-12-6/h1,4,7H,2-3,5H2,(H,9,11). The van der Waals surface area contributed by atoms with Gasteiger partial charge in [-0.05, 0) is 6.42 Å². The number of thioether (sulfide) groups is 1. The number of aromatic nitrogens is 1. The van der Waals surface area contributed by atoms with Gasteiger partial charge >= 0.3 is 0 Å². The molecule has 1 aromatic heterocycles. The highest BCUT2D eigenvalue weighted by molar-refractivity contribution is 7.99. The van der Waals surface area contributed by atoms with Gasteiger partial charge in [-0.25, -0.2) is 0 Å². The minimum Gasteiger partial charge on any atom is -0.361 e. The zero-order chi connectivity index (χ0) is 9.10. The molecule has 0 radical (unpaired) electrons. The zero-order valence-corrected chi connectivity index (χ0v) is 7.84. The molecule has 2 rings (SSSR count). The molecule has 70 valence electrons. The number of amides is 1.